The summed E-state index contributed by atoms with van der Waals surface area (Å²) in [5, 5.41) is 0. The molecule has 0 rings (SSSR count). The molecule has 0 atom stereocenters. The van der Waals surface area contributed by atoms with Crippen LogP contribution in [0.15, 0.2) is 0 Å². The van der Waals surface area contributed by atoms with Crippen molar-refractivity contribution in [3.05, 3.63) is 0 Å². The van der Waals surface area contributed by atoms with Gasteiger partial charge in [-0.15, -0.1) is 0 Å². The maximum absolute atomic E-state index is 12.2. The molecule has 8 nitrogen and oxygen atoms in total. The molecule has 0 aliphatic carbocycles. The zero-order chi connectivity index (χ0) is 23.8. The second-order valence-corrected chi connectivity index (χ2v) is 10.3. The van der Waals surface area contributed by atoms with Crippen molar-refractivity contribution in [3.63, 3.8) is 0 Å². The molecule has 190 valence electrons. The Bertz CT molecular complexity index is 401. The van der Waals surface area contributed by atoms with Gasteiger partial charge >= 0.3 is 15.6 Å². The minimum absolute atomic E-state index is 0.407. The Hall–Kier alpha value is 0.220. The minimum atomic E-state index is -3.31. The largest absolute Gasteiger partial charge is 0.474 e. The monoisotopic (exact) mass is 490 g/mol. The van der Waals surface area contributed by atoms with Crippen molar-refractivity contribution in [2.45, 2.75) is 99.3 Å². The second-order valence-electron chi connectivity index (χ2n) is 6.95. The number of phosphoric ester groups is 2. The van der Waals surface area contributed by atoms with E-state index in [1.165, 1.54) is 0 Å². The number of hydrogen-bond acceptors (Lipinski definition) is 8. The van der Waals surface area contributed by atoms with Crippen molar-refractivity contribution in [2.75, 3.05) is 39.6 Å². The maximum atomic E-state index is 12.2. The van der Waals surface area contributed by atoms with Crippen LogP contribution in [0.25, 0.3) is 0 Å². The lowest BCUT2D eigenvalue weighted by molar-refractivity contribution is 0.109. The van der Waals surface area contributed by atoms with Crippen LogP contribution in [0.4, 0.5) is 0 Å². The third-order valence-electron chi connectivity index (χ3n) is 3.60. The molecule has 0 saturated heterocycles. The number of phosphoric acid groups is 2. The quantitative estimate of drug-likeness (QED) is 0.118. The molecule has 0 aromatic rings. The molecule has 0 spiro atoms. The number of unbranched alkanes of at least 4 members (excludes halogenated alkanes) is 3. The van der Waals surface area contributed by atoms with Crippen LogP contribution < -0.4 is 0 Å². The Balaban J connectivity index is 0. The van der Waals surface area contributed by atoms with Crippen LogP contribution >= 0.6 is 15.6 Å². The summed E-state index contributed by atoms with van der Waals surface area (Å²) in [6, 6.07) is 0. The average molecular weight is 491 g/mol. The van der Waals surface area contributed by atoms with Gasteiger partial charge in [-0.05, 0) is 38.5 Å². The molecule has 0 amide bonds. The fourth-order valence-electron chi connectivity index (χ4n) is 1.79. The first kappa shape index (κ1) is 33.4. The highest BCUT2D eigenvalue weighted by Crippen LogP contribution is 2.50. The molecule has 0 unspecified atom stereocenters. The van der Waals surface area contributed by atoms with Crippen molar-refractivity contribution in [1.29, 1.82) is 0 Å². The second kappa shape index (κ2) is 23.4. The van der Waals surface area contributed by atoms with Crippen LogP contribution in [0, 0.1) is 0 Å². The number of hydrogen-bond donors (Lipinski definition) is 0. The highest BCUT2D eigenvalue weighted by atomic mass is 31.2. The summed E-state index contributed by atoms with van der Waals surface area (Å²) in [4.78, 5) is 0. The van der Waals surface area contributed by atoms with E-state index in [1.807, 2.05) is 20.8 Å². The Kier molecular flexibility index (Phi) is 25.2. The van der Waals surface area contributed by atoms with E-state index in [1.54, 1.807) is 0 Å². The lowest BCUT2D eigenvalue weighted by atomic mass is 10.4. The van der Waals surface area contributed by atoms with Crippen LogP contribution in [0.5, 0.6) is 0 Å². The fourth-order valence-corrected chi connectivity index (χ4v) is 4.52. The molecule has 0 aromatic heterocycles. The van der Waals surface area contributed by atoms with Crippen molar-refractivity contribution < 1.29 is 36.3 Å². The Morgan fingerprint density at radius 1 is 0.387 bits per heavy atom. The smallest absolute Gasteiger partial charge is 0.287 e. The summed E-state index contributed by atoms with van der Waals surface area (Å²) in [7, 11) is -6.58. The van der Waals surface area contributed by atoms with Crippen LogP contribution in [0.2, 0.25) is 0 Å². The standard InChI is InChI=1S/C12H27O4P.C9H21O4P/c1-4-7-10-14-17(13,15-11-8-5-2)16-12-9-6-3;1-4-7-11-14(10,12-8-5-2)13-9-6-3/h4-12H2,1-3H3;4-9H2,1-3H3. The number of rotatable bonds is 21. The van der Waals surface area contributed by atoms with Gasteiger partial charge in [-0.1, -0.05) is 60.8 Å². The molecule has 0 heterocycles. The summed E-state index contributed by atoms with van der Waals surface area (Å²) in [6.07, 6.45) is 8.03. The molecule has 0 bridgehead atoms. The Labute approximate surface area is 191 Å². The zero-order valence-electron chi connectivity index (χ0n) is 20.8. The fraction of sp³-hybridized carbons (Fsp3) is 1.00. The van der Waals surface area contributed by atoms with E-state index in [2.05, 4.69) is 20.8 Å². The van der Waals surface area contributed by atoms with E-state index in [0.29, 0.717) is 39.6 Å². The molecule has 0 saturated carbocycles. The van der Waals surface area contributed by atoms with E-state index in [-0.39, 0.29) is 0 Å². The molecule has 0 radical (unpaired) electrons. The zero-order valence-corrected chi connectivity index (χ0v) is 22.6. The van der Waals surface area contributed by atoms with Gasteiger partial charge in [0.25, 0.3) is 0 Å². The SMILES string of the molecule is CCCCOP(=O)(OCCCC)OCCCC.CCCOP(=O)(OCCC)OCCC. The molecule has 0 fully saturated rings. The average Bonchev–Trinajstić information content (AvgIpc) is 2.76. The Morgan fingerprint density at radius 3 is 0.806 bits per heavy atom. The third kappa shape index (κ3) is 21.8. The van der Waals surface area contributed by atoms with Crippen LogP contribution in [-0.2, 0) is 36.3 Å². The van der Waals surface area contributed by atoms with Gasteiger partial charge in [0.2, 0.25) is 0 Å². The van der Waals surface area contributed by atoms with Gasteiger partial charge in [-0.25, -0.2) is 9.13 Å². The Morgan fingerprint density at radius 2 is 0.613 bits per heavy atom. The summed E-state index contributed by atoms with van der Waals surface area (Å²) in [5.74, 6) is 0. The van der Waals surface area contributed by atoms with E-state index >= 15 is 0 Å². The summed E-state index contributed by atoms with van der Waals surface area (Å²) < 4.78 is 55.1. The molecule has 0 aliphatic heterocycles. The molecule has 0 aromatic carbocycles. The van der Waals surface area contributed by atoms with Gasteiger partial charge in [0.05, 0.1) is 39.6 Å². The van der Waals surface area contributed by atoms with E-state index < -0.39 is 15.6 Å². The highest BCUT2D eigenvalue weighted by Gasteiger charge is 2.26. The predicted molar refractivity (Wildman–Crippen MR) is 127 cm³/mol. The predicted octanol–water partition coefficient (Wildman–Crippen LogP) is 7.92. The first-order valence-electron chi connectivity index (χ1n) is 11.9. The molecule has 31 heavy (non-hydrogen) atoms. The van der Waals surface area contributed by atoms with E-state index in [4.69, 9.17) is 27.1 Å². The van der Waals surface area contributed by atoms with Gasteiger partial charge in [-0.3, -0.25) is 27.1 Å². The molecule has 10 heteroatoms. The van der Waals surface area contributed by atoms with Gasteiger partial charge in [0, 0.05) is 0 Å². The van der Waals surface area contributed by atoms with Crippen molar-refractivity contribution in [2.24, 2.45) is 0 Å². The van der Waals surface area contributed by atoms with Crippen LogP contribution in [0.3, 0.4) is 0 Å². The maximum Gasteiger partial charge on any atom is 0.474 e. The molecule has 0 N–H and O–H groups in total. The molecule has 0 aliphatic rings. The van der Waals surface area contributed by atoms with Gasteiger partial charge in [-0.2, -0.15) is 0 Å². The topological polar surface area (TPSA) is 89.5 Å². The van der Waals surface area contributed by atoms with Gasteiger partial charge in [0.15, 0.2) is 0 Å². The van der Waals surface area contributed by atoms with Crippen LogP contribution in [-0.4, -0.2) is 39.6 Å². The summed E-state index contributed by atoms with van der Waals surface area (Å²) in [6.45, 7) is 14.6. The van der Waals surface area contributed by atoms with E-state index in [0.717, 1.165) is 57.8 Å². The van der Waals surface area contributed by atoms with Crippen molar-refractivity contribution >= 4 is 15.6 Å². The van der Waals surface area contributed by atoms with Gasteiger partial charge < -0.3 is 0 Å². The first-order valence-corrected chi connectivity index (χ1v) is 14.9. The third-order valence-corrected chi connectivity index (χ3v) is 6.60. The van der Waals surface area contributed by atoms with Crippen molar-refractivity contribution in [1.82, 2.24) is 0 Å². The highest BCUT2D eigenvalue weighted by molar-refractivity contribution is 7.48. The van der Waals surface area contributed by atoms with E-state index in [9.17, 15) is 9.13 Å². The minimum Gasteiger partial charge on any atom is -0.287 e. The lowest BCUT2D eigenvalue weighted by Crippen LogP contribution is -2.03. The molecular formula is C21H48O8P2. The normalized spacial score (nSPS) is 11.9. The molecular weight excluding hydrogens is 442 g/mol. The summed E-state index contributed by atoms with van der Waals surface area (Å²) >= 11 is 0. The van der Waals surface area contributed by atoms with Crippen molar-refractivity contribution in [3.8, 4) is 0 Å². The summed E-state index contributed by atoms with van der Waals surface area (Å²) in [5.41, 5.74) is 0. The lowest BCUT2D eigenvalue weighted by Gasteiger charge is -2.17. The van der Waals surface area contributed by atoms with Gasteiger partial charge in [0.1, 0.15) is 0 Å². The van der Waals surface area contributed by atoms with Crippen LogP contribution in [0.1, 0.15) is 99.3 Å². The first-order chi connectivity index (χ1) is 14.9.